The molecule has 0 saturated heterocycles. The zero-order valence-corrected chi connectivity index (χ0v) is 14.6. The maximum Gasteiger partial charge on any atom is 0.270 e. The second-order valence-corrected chi connectivity index (χ2v) is 7.01. The van der Waals surface area contributed by atoms with Crippen LogP contribution >= 0.6 is 11.3 Å². The molecule has 3 aromatic rings. The van der Waals surface area contributed by atoms with Crippen molar-refractivity contribution in [2.75, 3.05) is 6.61 Å². The summed E-state index contributed by atoms with van der Waals surface area (Å²) in [5.41, 5.74) is 2.83. The van der Waals surface area contributed by atoms with Crippen LogP contribution in [0.3, 0.4) is 0 Å². The molecular weight excluding hydrogens is 322 g/mol. The molecule has 5 nitrogen and oxygen atoms in total. The first kappa shape index (κ1) is 16.7. The van der Waals surface area contributed by atoms with E-state index in [1.165, 1.54) is 0 Å². The molecule has 1 unspecified atom stereocenters. The van der Waals surface area contributed by atoms with Gasteiger partial charge >= 0.3 is 0 Å². The quantitative estimate of drug-likeness (QED) is 0.722. The van der Waals surface area contributed by atoms with Gasteiger partial charge in [-0.1, -0.05) is 19.9 Å². The summed E-state index contributed by atoms with van der Waals surface area (Å²) < 4.78 is 1.80. The number of aliphatic hydroxyl groups is 1. The summed E-state index contributed by atoms with van der Waals surface area (Å²) in [6, 6.07) is 7.35. The van der Waals surface area contributed by atoms with Crippen LogP contribution < -0.4 is 5.32 Å². The number of nitrogens with one attached hydrogen (secondary N) is 1. The van der Waals surface area contributed by atoms with E-state index in [-0.39, 0.29) is 18.6 Å². The van der Waals surface area contributed by atoms with Crippen molar-refractivity contribution in [1.29, 1.82) is 0 Å². The number of rotatable bonds is 6. The lowest BCUT2D eigenvalue weighted by Crippen LogP contribution is -2.39. The minimum atomic E-state index is -0.262. The van der Waals surface area contributed by atoms with Crippen LogP contribution in [0, 0.1) is 5.92 Å². The molecule has 1 amide bonds. The average Bonchev–Trinajstić information content (AvgIpc) is 3.20. The van der Waals surface area contributed by atoms with Crippen molar-refractivity contribution in [3.05, 3.63) is 46.9 Å². The topological polar surface area (TPSA) is 66.6 Å². The molecule has 3 heterocycles. The van der Waals surface area contributed by atoms with Gasteiger partial charge in [-0.2, -0.15) is 11.3 Å². The van der Waals surface area contributed by atoms with E-state index in [0.29, 0.717) is 17.3 Å². The molecule has 126 valence electrons. The van der Waals surface area contributed by atoms with Gasteiger partial charge in [0.25, 0.3) is 5.91 Å². The number of imidazole rings is 1. The highest BCUT2D eigenvalue weighted by molar-refractivity contribution is 7.08. The van der Waals surface area contributed by atoms with Crippen LogP contribution in [-0.4, -0.2) is 33.0 Å². The lowest BCUT2D eigenvalue weighted by atomic mass is 10.0. The molecule has 0 fully saturated rings. The predicted molar refractivity (Wildman–Crippen MR) is 96.3 cm³/mol. The Morgan fingerprint density at radius 2 is 2.21 bits per heavy atom. The molecule has 0 aliphatic carbocycles. The highest BCUT2D eigenvalue weighted by atomic mass is 32.1. The lowest BCUT2D eigenvalue weighted by Gasteiger charge is -2.18. The van der Waals surface area contributed by atoms with Crippen LogP contribution in [-0.2, 0) is 0 Å². The third kappa shape index (κ3) is 3.34. The van der Waals surface area contributed by atoms with Crippen molar-refractivity contribution in [3.8, 4) is 11.3 Å². The van der Waals surface area contributed by atoms with Gasteiger partial charge in [-0.25, -0.2) is 4.98 Å². The summed E-state index contributed by atoms with van der Waals surface area (Å²) in [5.74, 6) is 0.176. The number of carbonyl (C=O) groups is 1. The number of nitrogens with zero attached hydrogens (tertiary/aromatic N) is 2. The van der Waals surface area contributed by atoms with Crippen molar-refractivity contribution in [1.82, 2.24) is 14.7 Å². The number of thiophene rings is 1. The molecule has 1 atom stereocenters. The minimum Gasteiger partial charge on any atom is -0.394 e. The second kappa shape index (κ2) is 7.15. The van der Waals surface area contributed by atoms with Gasteiger partial charge < -0.3 is 10.4 Å². The van der Waals surface area contributed by atoms with E-state index in [1.54, 1.807) is 15.7 Å². The van der Waals surface area contributed by atoms with Crippen LogP contribution in [0.25, 0.3) is 16.9 Å². The summed E-state index contributed by atoms with van der Waals surface area (Å²) in [6.45, 7) is 4.06. The van der Waals surface area contributed by atoms with E-state index in [9.17, 15) is 9.90 Å². The van der Waals surface area contributed by atoms with E-state index in [4.69, 9.17) is 0 Å². The Kier molecular flexibility index (Phi) is 4.97. The first-order chi connectivity index (χ1) is 11.6. The molecule has 0 bridgehead atoms. The number of hydrogen-bond donors (Lipinski definition) is 2. The number of aromatic nitrogens is 2. The molecule has 0 aliphatic heterocycles. The number of fused-ring (bicyclic) bond motifs is 1. The van der Waals surface area contributed by atoms with E-state index >= 15 is 0 Å². The van der Waals surface area contributed by atoms with E-state index in [2.05, 4.69) is 24.1 Å². The fourth-order valence-corrected chi connectivity index (χ4v) is 3.46. The highest BCUT2D eigenvalue weighted by Gasteiger charge is 2.23. The summed E-state index contributed by atoms with van der Waals surface area (Å²) in [6.07, 6.45) is 2.57. The Hall–Kier alpha value is -2.18. The first-order valence-corrected chi connectivity index (χ1v) is 8.95. The molecule has 0 spiro atoms. The Morgan fingerprint density at radius 1 is 1.38 bits per heavy atom. The highest BCUT2D eigenvalue weighted by Crippen LogP contribution is 2.26. The van der Waals surface area contributed by atoms with E-state index in [1.807, 2.05) is 41.2 Å². The van der Waals surface area contributed by atoms with Gasteiger partial charge in [-0.3, -0.25) is 9.20 Å². The molecular formula is C18H21N3O2S. The van der Waals surface area contributed by atoms with Crippen LogP contribution in [0.4, 0.5) is 0 Å². The molecule has 2 N–H and O–H groups in total. The largest absolute Gasteiger partial charge is 0.394 e. The summed E-state index contributed by atoms with van der Waals surface area (Å²) in [5, 5.41) is 16.5. The second-order valence-electron chi connectivity index (χ2n) is 6.23. The summed E-state index contributed by atoms with van der Waals surface area (Å²) in [4.78, 5) is 17.5. The Labute approximate surface area is 145 Å². The van der Waals surface area contributed by atoms with Crippen LogP contribution in [0.15, 0.2) is 41.2 Å². The third-order valence-electron chi connectivity index (χ3n) is 3.85. The molecule has 0 radical (unpaired) electrons. The summed E-state index contributed by atoms with van der Waals surface area (Å²) >= 11 is 1.57. The van der Waals surface area contributed by atoms with Crippen LogP contribution in [0.5, 0.6) is 0 Å². The smallest absolute Gasteiger partial charge is 0.270 e. The molecule has 0 aliphatic rings. The molecule has 6 heteroatoms. The minimum absolute atomic E-state index is 0.0750. The maximum absolute atomic E-state index is 12.9. The van der Waals surface area contributed by atoms with Crippen LogP contribution in [0.1, 0.15) is 30.8 Å². The zero-order valence-electron chi connectivity index (χ0n) is 13.8. The Bertz CT molecular complexity index is 824. The average molecular weight is 343 g/mol. The number of amides is 1. The number of pyridine rings is 1. The van der Waals surface area contributed by atoms with Crippen molar-refractivity contribution in [2.24, 2.45) is 5.92 Å². The van der Waals surface area contributed by atoms with Gasteiger partial charge in [0.2, 0.25) is 0 Å². The number of aliphatic hydroxyl groups excluding tert-OH is 1. The summed E-state index contributed by atoms with van der Waals surface area (Å²) in [7, 11) is 0. The fourth-order valence-electron chi connectivity index (χ4n) is 2.82. The molecule has 0 aromatic carbocycles. The zero-order chi connectivity index (χ0) is 17.1. The Balaban J connectivity index is 2.01. The van der Waals surface area contributed by atoms with E-state index < -0.39 is 0 Å². The number of hydrogen-bond acceptors (Lipinski definition) is 4. The molecule has 24 heavy (non-hydrogen) atoms. The van der Waals surface area contributed by atoms with Crippen molar-refractivity contribution < 1.29 is 9.90 Å². The lowest BCUT2D eigenvalue weighted by molar-refractivity contribution is 0.0903. The van der Waals surface area contributed by atoms with Gasteiger partial charge in [-0.05, 0) is 35.9 Å². The van der Waals surface area contributed by atoms with Gasteiger partial charge in [0.1, 0.15) is 17.0 Å². The molecule has 3 aromatic heterocycles. The third-order valence-corrected chi connectivity index (χ3v) is 4.53. The van der Waals surface area contributed by atoms with E-state index in [0.717, 1.165) is 17.6 Å². The normalized spacial score (nSPS) is 12.7. The Morgan fingerprint density at radius 3 is 2.88 bits per heavy atom. The van der Waals surface area contributed by atoms with Crippen molar-refractivity contribution in [2.45, 2.75) is 26.3 Å². The monoisotopic (exact) mass is 343 g/mol. The fraction of sp³-hybridized carbons (Fsp3) is 0.333. The SMILES string of the molecule is CC(C)CC(CO)NC(=O)c1c(-c2ccsc2)nc2ccccn12. The van der Waals surface area contributed by atoms with Gasteiger partial charge in [-0.15, -0.1) is 0 Å². The van der Waals surface area contributed by atoms with Crippen molar-refractivity contribution in [3.63, 3.8) is 0 Å². The van der Waals surface area contributed by atoms with Crippen LogP contribution in [0.2, 0.25) is 0 Å². The standard InChI is InChI=1S/C18H21N3O2S/c1-12(2)9-14(10-22)19-18(23)17-16(13-6-8-24-11-13)20-15-5-3-4-7-21(15)17/h3-8,11-12,14,22H,9-10H2,1-2H3,(H,19,23). The van der Waals surface area contributed by atoms with Gasteiger partial charge in [0, 0.05) is 17.1 Å². The number of carbonyl (C=O) groups excluding carboxylic acids is 1. The molecule has 0 saturated carbocycles. The maximum atomic E-state index is 12.9. The first-order valence-electron chi connectivity index (χ1n) is 8.01. The van der Waals surface area contributed by atoms with Gasteiger partial charge in [0.15, 0.2) is 0 Å². The van der Waals surface area contributed by atoms with Gasteiger partial charge in [0.05, 0.1) is 12.6 Å². The molecule has 3 rings (SSSR count). The van der Waals surface area contributed by atoms with Crippen molar-refractivity contribution >= 4 is 22.9 Å². The predicted octanol–water partition coefficient (Wildman–Crippen LogP) is 3.20.